The summed E-state index contributed by atoms with van der Waals surface area (Å²) < 4.78 is 12.8. The van der Waals surface area contributed by atoms with Gasteiger partial charge in [-0.05, 0) is 36.4 Å². The summed E-state index contributed by atoms with van der Waals surface area (Å²) in [5, 5.41) is 3.43. The zero-order valence-corrected chi connectivity index (χ0v) is 15.0. The van der Waals surface area contributed by atoms with Gasteiger partial charge >= 0.3 is 0 Å². The normalized spacial score (nSPS) is 10.2. The average Bonchev–Trinajstić information content (AvgIpc) is 2.54. The molecule has 2 rings (SSSR count). The maximum absolute atomic E-state index is 12.8. The third-order valence-corrected chi connectivity index (χ3v) is 3.89. The Bertz CT molecular complexity index is 762. The molecular weight excluding hydrogens is 392 g/mol. The minimum atomic E-state index is -0.429. The molecule has 0 saturated carbocycles. The zero-order valence-electron chi connectivity index (χ0n) is 12.7. The van der Waals surface area contributed by atoms with E-state index in [4.69, 9.17) is 34.8 Å². The number of halogens is 4. The zero-order chi connectivity index (χ0) is 18.4. The fraction of sp³-hybridized carbons (Fsp3) is 0.125. The van der Waals surface area contributed by atoms with E-state index in [2.05, 4.69) is 16.2 Å². The molecule has 9 heteroatoms. The number of hydrazine groups is 1. The van der Waals surface area contributed by atoms with Crippen molar-refractivity contribution >= 4 is 52.3 Å². The molecule has 0 radical (unpaired) electrons. The summed E-state index contributed by atoms with van der Waals surface area (Å²) in [4.78, 5) is 23.6. The van der Waals surface area contributed by atoms with Gasteiger partial charge in [0.1, 0.15) is 5.82 Å². The molecule has 0 saturated heterocycles. The first-order valence-corrected chi connectivity index (χ1v) is 8.23. The highest BCUT2D eigenvalue weighted by molar-refractivity contribution is 6.41. The number of benzene rings is 2. The van der Waals surface area contributed by atoms with Gasteiger partial charge in [-0.15, -0.1) is 0 Å². The van der Waals surface area contributed by atoms with E-state index in [0.717, 1.165) is 0 Å². The summed E-state index contributed by atoms with van der Waals surface area (Å²) in [6, 6.07) is 8.04. The Morgan fingerprint density at radius 3 is 2.20 bits per heavy atom. The second-order valence-electron chi connectivity index (χ2n) is 4.93. The highest BCUT2D eigenvalue weighted by atomic mass is 35.5. The molecule has 2 amide bonds. The second kappa shape index (κ2) is 8.89. The predicted molar refractivity (Wildman–Crippen MR) is 96.6 cm³/mol. The van der Waals surface area contributed by atoms with Crippen molar-refractivity contribution in [3.05, 3.63) is 62.8 Å². The van der Waals surface area contributed by atoms with Crippen LogP contribution in [0.5, 0.6) is 0 Å². The van der Waals surface area contributed by atoms with Gasteiger partial charge in [0.15, 0.2) is 0 Å². The molecule has 0 aromatic heterocycles. The number of carbonyl (C=O) groups excluding carboxylic acids is 2. The molecule has 0 bridgehead atoms. The first kappa shape index (κ1) is 19.3. The van der Waals surface area contributed by atoms with E-state index in [1.54, 1.807) is 0 Å². The summed E-state index contributed by atoms with van der Waals surface area (Å²) in [6.45, 7) is 0.103. The fourth-order valence-corrected chi connectivity index (χ4v) is 2.76. The lowest BCUT2D eigenvalue weighted by atomic mass is 10.2. The molecule has 5 nitrogen and oxygen atoms in total. The number of rotatable bonds is 6. The van der Waals surface area contributed by atoms with Crippen LogP contribution in [0.3, 0.4) is 0 Å². The number of carbonyl (C=O) groups is 2. The van der Waals surface area contributed by atoms with E-state index in [1.807, 2.05) is 0 Å². The van der Waals surface area contributed by atoms with Crippen molar-refractivity contribution in [2.75, 3.05) is 12.0 Å². The van der Waals surface area contributed by atoms with Crippen molar-refractivity contribution in [1.82, 2.24) is 10.7 Å². The highest BCUT2D eigenvalue weighted by Crippen LogP contribution is 2.32. The van der Waals surface area contributed by atoms with Crippen LogP contribution in [0.4, 0.5) is 10.1 Å². The Morgan fingerprint density at radius 2 is 1.60 bits per heavy atom. The van der Waals surface area contributed by atoms with Gasteiger partial charge in [-0.1, -0.05) is 34.8 Å². The van der Waals surface area contributed by atoms with Crippen LogP contribution in [0.15, 0.2) is 36.4 Å². The molecule has 0 unspecified atom stereocenters. The van der Waals surface area contributed by atoms with Gasteiger partial charge in [0.2, 0.25) is 5.91 Å². The van der Waals surface area contributed by atoms with Crippen LogP contribution in [0, 0.1) is 5.82 Å². The van der Waals surface area contributed by atoms with E-state index < -0.39 is 11.7 Å². The van der Waals surface area contributed by atoms with Crippen LogP contribution >= 0.6 is 34.8 Å². The average molecular weight is 405 g/mol. The first-order valence-electron chi connectivity index (χ1n) is 7.10. The van der Waals surface area contributed by atoms with Crippen LogP contribution in [-0.2, 0) is 4.79 Å². The predicted octanol–water partition coefficient (Wildman–Crippen LogP) is 4.05. The molecule has 0 aliphatic heterocycles. The maximum Gasteiger partial charge on any atom is 0.251 e. The third kappa shape index (κ3) is 5.77. The van der Waals surface area contributed by atoms with Crippen LogP contribution in [0.2, 0.25) is 15.1 Å². The highest BCUT2D eigenvalue weighted by Gasteiger charge is 2.10. The van der Waals surface area contributed by atoms with E-state index >= 15 is 0 Å². The molecule has 132 valence electrons. The van der Waals surface area contributed by atoms with E-state index in [1.165, 1.54) is 36.4 Å². The van der Waals surface area contributed by atoms with Crippen molar-refractivity contribution in [3.8, 4) is 0 Å². The van der Waals surface area contributed by atoms with E-state index in [0.29, 0.717) is 16.3 Å². The van der Waals surface area contributed by atoms with Gasteiger partial charge in [-0.25, -0.2) is 4.39 Å². The SMILES string of the molecule is O=C(CCNC(=O)c1ccc(F)cc1)NNc1c(Cl)cc(Cl)cc1Cl. The number of anilines is 1. The van der Waals surface area contributed by atoms with Crippen LogP contribution in [-0.4, -0.2) is 18.4 Å². The minimum absolute atomic E-state index is 0.0166. The fourth-order valence-electron chi connectivity index (χ4n) is 1.85. The smallest absolute Gasteiger partial charge is 0.251 e. The lowest BCUT2D eigenvalue weighted by Gasteiger charge is -2.12. The quantitative estimate of drug-likeness (QED) is 0.636. The molecule has 0 aliphatic carbocycles. The largest absolute Gasteiger partial charge is 0.352 e. The monoisotopic (exact) mass is 403 g/mol. The lowest BCUT2D eigenvalue weighted by Crippen LogP contribution is -2.33. The number of hydrogen-bond acceptors (Lipinski definition) is 3. The Balaban J connectivity index is 1.78. The Labute approximate surface area is 158 Å². The molecule has 3 N–H and O–H groups in total. The molecule has 0 heterocycles. The third-order valence-electron chi connectivity index (χ3n) is 3.08. The van der Waals surface area contributed by atoms with Crippen LogP contribution < -0.4 is 16.2 Å². The second-order valence-corrected chi connectivity index (χ2v) is 6.18. The Kier molecular flexibility index (Phi) is 6.87. The summed E-state index contributed by atoms with van der Waals surface area (Å²) in [5.41, 5.74) is 5.65. The molecule has 0 aliphatic rings. The number of amides is 2. The summed E-state index contributed by atoms with van der Waals surface area (Å²) in [7, 11) is 0. The standard InChI is InChI=1S/C16H13Cl3FN3O2/c17-10-7-12(18)15(13(19)8-10)23-22-14(24)5-6-21-16(25)9-1-3-11(20)4-2-9/h1-4,7-8,23H,5-6H2,(H,21,25)(H,22,24). The first-order chi connectivity index (χ1) is 11.9. The van der Waals surface area contributed by atoms with Gasteiger partial charge in [-0.3, -0.25) is 20.4 Å². The van der Waals surface area contributed by atoms with Crippen molar-refractivity contribution in [2.24, 2.45) is 0 Å². The summed E-state index contributed by atoms with van der Waals surface area (Å²) in [6.07, 6.45) is 0.0166. The Morgan fingerprint density at radius 1 is 1.00 bits per heavy atom. The van der Waals surface area contributed by atoms with Gasteiger partial charge in [0, 0.05) is 23.6 Å². The van der Waals surface area contributed by atoms with Gasteiger partial charge < -0.3 is 5.32 Å². The van der Waals surface area contributed by atoms with Crippen LogP contribution in [0.1, 0.15) is 16.8 Å². The topological polar surface area (TPSA) is 70.2 Å². The summed E-state index contributed by atoms with van der Waals surface area (Å²) >= 11 is 17.8. The van der Waals surface area contributed by atoms with Crippen molar-refractivity contribution < 1.29 is 14.0 Å². The minimum Gasteiger partial charge on any atom is -0.352 e. The van der Waals surface area contributed by atoms with Gasteiger partial charge in [-0.2, -0.15) is 0 Å². The molecule has 2 aromatic carbocycles. The van der Waals surface area contributed by atoms with Gasteiger partial charge in [0.05, 0.1) is 15.7 Å². The molecule has 25 heavy (non-hydrogen) atoms. The molecular formula is C16H13Cl3FN3O2. The molecule has 0 fully saturated rings. The lowest BCUT2D eigenvalue weighted by molar-refractivity contribution is -0.120. The maximum atomic E-state index is 12.8. The molecule has 0 spiro atoms. The molecule has 0 atom stereocenters. The van der Waals surface area contributed by atoms with E-state index in [-0.39, 0.29) is 28.9 Å². The summed E-state index contributed by atoms with van der Waals surface area (Å²) in [5.74, 6) is -1.22. The Hall–Kier alpha value is -2.02. The van der Waals surface area contributed by atoms with Crippen molar-refractivity contribution in [1.29, 1.82) is 0 Å². The number of hydrogen-bond donors (Lipinski definition) is 3. The molecule has 2 aromatic rings. The van der Waals surface area contributed by atoms with Crippen molar-refractivity contribution in [3.63, 3.8) is 0 Å². The van der Waals surface area contributed by atoms with Crippen LogP contribution in [0.25, 0.3) is 0 Å². The van der Waals surface area contributed by atoms with Crippen molar-refractivity contribution in [2.45, 2.75) is 6.42 Å². The van der Waals surface area contributed by atoms with Gasteiger partial charge in [0.25, 0.3) is 5.91 Å². The van der Waals surface area contributed by atoms with E-state index in [9.17, 15) is 14.0 Å². The number of nitrogens with one attached hydrogen (secondary N) is 3.